The minimum atomic E-state index is -0.279. The summed E-state index contributed by atoms with van der Waals surface area (Å²) in [4.78, 5) is 19.1. The molecule has 0 bridgehead atoms. The third kappa shape index (κ3) is 5.31. The molecule has 0 unspecified atom stereocenters. The molecule has 1 amide bonds. The Hall–Kier alpha value is -2.37. The summed E-state index contributed by atoms with van der Waals surface area (Å²) in [5.74, 6) is 1.32. The number of pyridine rings is 1. The number of piperidine rings is 1. The molecule has 6 nitrogen and oxygen atoms in total. The maximum Gasteiger partial charge on any atom is 0.222 e. The van der Waals surface area contributed by atoms with E-state index in [1.165, 1.54) is 5.56 Å². The van der Waals surface area contributed by atoms with Crippen LogP contribution in [-0.2, 0) is 11.2 Å². The minimum absolute atomic E-state index is 0.210. The largest absolute Gasteiger partial charge is 0.472 e. The summed E-state index contributed by atoms with van der Waals surface area (Å²) in [5.41, 5.74) is 3.05. The molecule has 0 saturated carbocycles. The molecule has 1 aliphatic rings. The van der Waals surface area contributed by atoms with Crippen LogP contribution in [0, 0.1) is 6.92 Å². The van der Waals surface area contributed by atoms with Crippen LogP contribution in [0.1, 0.15) is 62.9 Å². The lowest BCUT2D eigenvalue weighted by molar-refractivity contribution is -0.132. The lowest BCUT2D eigenvalue weighted by Crippen LogP contribution is -2.38. The van der Waals surface area contributed by atoms with Crippen molar-refractivity contribution in [2.75, 3.05) is 13.1 Å². The van der Waals surface area contributed by atoms with Crippen LogP contribution < -0.4 is 4.74 Å². The number of likely N-dealkylation sites (tertiary alicyclic amines) is 1. The topological polar surface area (TPSA) is 71.1 Å². The Morgan fingerprint density at radius 1 is 1.30 bits per heavy atom. The lowest BCUT2D eigenvalue weighted by atomic mass is 9.90. The van der Waals surface area contributed by atoms with E-state index >= 15 is 0 Å². The number of H-pyrrole nitrogens is 1. The van der Waals surface area contributed by atoms with Crippen LogP contribution in [0.3, 0.4) is 0 Å². The van der Waals surface area contributed by atoms with Crippen molar-refractivity contribution in [2.45, 2.75) is 64.9 Å². The predicted octanol–water partition coefficient (Wildman–Crippen LogP) is 3.63. The first-order valence-electron chi connectivity index (χ1n) is 9.74. The number of hydrogen-bond donors (Lipinski definition) is 1. The van der Waals surface area contributed by atoms with E-state index in [0.29, 0.717) is 24.6 Å². The predicted molar refractivity (Wildman–Crippen MR) is 105 cm³/mol. The molecule has 0 aromatic carbocycles. The second kappa shape index (κ2) is 8.11. The highest BCUT2D eigenvalue weighted by Crippen LogP contribution is 2.29. The standard InChI is InChI=1S/C21H30N4O2/c1-15-18(14-22-24-15)16-10-12-25(13-11-16)20(26)9-8-17-6-5-7-19(23-17)27-21(2,3)4/h5-7,14,16H,8-13H2,1-4H3,(H,22,24). The van der Waals surface area contributed by atoms with Crippen molar-refractivity contribution in [2.24, 2.45) is 0 Å². The van der Waals surface area contributed by atoms with E-state index in [-0.39, 0.29) is 11.5 Å². The molecule has 0 spiro atoms. The molecule has 1 aliphatic heterocycles. The van der Waals surface area contributed by atoms with E-state index < -0.39 is 0 Å². The number of aromatic amines is 1. The van der Waals surface area contributed by atoms with E-state index in [2.05, 4.69) is 22.1 Å². The molecule has 2 aromatic heterocycles. The number of ether oxygens (including phenoxy) is 1. The smallest absolute Gasteiger partial charge is 0.222 e. The zero-order chi connectivity index (χ0) is 19.4. The molecule has 0 atom stereocenters. The van der Waals surface area contributed by atoms with Gasteiger partial charge in [0.25, 0.3) is 0 Å². The second-order valence-corrected chi connectivity index (χ2v) is 8.29. The van der Waals surface area contributed by atoms with Crippen LogP contribution in [0.5, 0.6) is 5.88 Å². The van der Waals surface area contributed by atoms with Crippen molar-refractivity contribution in [3.05, 3.63) is 41.3 Å². The van der Waals surface area contributed by atoms with Gasteiger partial charge in [-0.3, -0.25) is 9.89 Å². The van der Waals surface area contributed by atoms with Crippen LogP contribution in [0.25, 0.3) is 0 Å². The molecule has 1 fully saturated rings. The van der Waals surface area contributed by atoms with Gasteiger partial charge in [0, 0.05) is 37.0 Å². The van der Waals surface area contributed by atoms with Gasteiger partial charge >= 0.3 is 0 Å². The fraction of sp³-hybridized carbons (Fsp3) is 0.571. The number of carbonyl (C=O) groups excluding carboxylic acids is 1. The zero-order valence-corrected chi connectivity index (χ0v) is 16.8. The molecule has 0 aliphatic carbocycles. The molecular weight excluding hydrogens is 340 g/mol. The highest BCUT2D eigenvalue weighted by Gasteiger charge is 2.25. The third-order valence-corrected chi connectivity index (χ3v) is 4.94. The van der Waals surface area contributed by atoms with Crippen molar-refractivity contribution in [1.29, 1.82) is 0 Å². The Labute approximate surface area is 161 Å². The summed E-state index contributed by atoms with van der Waals surface area (Å²) in [6.45, 7) is 9.69. The maximum atomic E-state index is 12.6. The SMILES string of the molecule is Cc1[nH]ncc1C1CCN(C(=O)CCc2cccc(OC(C)(C)C)n2)CC1. The summed E-state index contributed by atoms with van der Waals surface area (Å²) in [5, 5.41) is 7.13. The van der Waals surface area contributed by atoms with E-state index in [0.717, 1.165) is 37.3 Å². The van der Waals surface area contributed by atoms with Gasteiger partial charge in [0.2, 0.25) is 11.8 Å². The fourth-order valence-electron chi connectivity index (χ4n) is 3.57. The summed E-state index contributed by atoms with van der Waals surface area (Å²) in [6, 6.07) is 5.75. The van der Waals surface area contributed by atoms with Crippen LogP contribution >= 0.6 is 0 Å². The number of nitrogens with one attached hydrogen (secondary N) is 1. The Morgan fingerprint density at radius 2 is 2.04 bits per heavy atom. The van der Waals surface area contributed by atoms with Crippen molar-refractivity contribution in [1.82, 2.24) is 20.1 Å². The molecule has 146 valence electrons. The molecule has 2 aromatic rings. The molecule has 1 N–H and O–H groups in total. The highest BCUT2D eigenvalue weighted by molar-refractivity contribution is 5.76. The van der Waals surface area contributed by atoms with Crippen molar-refractivity contribution in [3.63, 3.8) is 0 Å². The minimum Gasteiger partial charge on any atom is -0.472 e. The van der Waals surface area contributed by atoms with Gasteiger partial charge in [-0.15, -0.1) is 0 Å². The van der Waals surface area contributed by atoms with E-state index in [9.17, 15) is 4.79 Å². The number of aromatic nitrogens is 3. The summed E-state index contributed by atoms with van der Waals surface area (Å²) in [6.07, 6.45) is 5.05. The fourth-order valence-corrected chi connectivity index (χ4v) is 3.57. The third-order valence-electron chi connectivity index (χ3n) is 4.94. The van der Waals surface area contributed by atoms with Crippen molar-refractivity contribution in [3.8, 4) is 5.88 Å². The van der Waals surface area contributed by atoms with Gasteiger partial charge in [-0.1, -0.05) is 6.07 Å². The van der Waals surface area contributed by atoms with E-state index in [1.807, 2.05) is 50.1 Å². The molecule has 27 heavy (non-hydrogen) atoms. The highest BCUT2D eigenvalue weighted by atomic mass is 16.5. The molecular formula is C21H30N4O2. The maximum absolute atomic E-state index is 12.6. The van der Waals surface area contributed by atoms with Gasteiger partial charge < -0.3 is 9.64 Å². The molecule has 0 radical (unpaired) electrons. The summed E-state index contributed by atoms with van der Waals surface area (Å²) >= 11 is 0. The lowest BCUT2D eigenvalue weighted by Gasteiger charge is -2.32. The van der Waals surface area contributed by atoms with Crippen LogP contribution in [0.4, 0.5) is 0 Å². The van der Waals surface area contributed by atoms with Crippen molar-refractivity contribution >= 4 is 5.91 Å². The Morgan fingerprint density at radius 3 is 2.67 bits per heavy atom. The number of nitrogens with zero attached hydrogens (tertiary/aromatic N) is 3. The Bertz CT molecular complexity index is 770. The number of aryl methyl sites for hydroxylation is 2. The number of rotatable bonds is 5. The first kappa shape index (κ1) is 19.4. The molecule has 3 rings (SSSR count). The van der Waals surface area contributed by atoms with Gasteiger partial charge in [0.15, 0.2) is 0 Å². The van der Waals surface area contributed by atoms with Gasteiger partial charge in [-0.05, 0) is 64.5 Å². The average Bonchev–Trinajstić information content (AvgIpc) is 3.05. The van der Waals surface area contributed by atoms with Gasteiger partial charge in [0.1, 0.15) is 5.60 Å². The van der Waals surface area contributed by atoms with E-state index in [4.69, 9.17) is 4.74 Å². The Balaban J connectivity index is 1.49. The Kier molecular flexibility index (Phi) is 5.82. The summed E-state index contributed by atoms with van der Waals surface area (Å²) in [7, 11) is 0. The summed E-state index contributed by atoms with van der Waals surface area (Å²) < 4.78 is 5.81. The number of carbonyl (C=O) groups is 1. The first-order chi connectivity index (χ1) is 12.8. The normalized spacial score (nSPS) is 15.8. The van der Waals surface area contributed by atoms with Gasteiger partial charge in [-0.2, -0.15) is 5.10 Å². The molecule has 3 heterocycles. The average molecular weight is 370 g/mol. The second-order valence-electron chi connectivity index (χ2n) is 8.29. The van der Waals surface area contributed by atoms with Crippen LogP contribution in [0.2, 0.25) is 0 Å². The number of hydrogen-bond acceptors (Lipinski definition) is 4. The quantitative estimate of drug-likeness (QED) is 0.872. The molecule has 6 heteroatoms. The van der Waals surface area contributed by atoms with Crippen LogP contribution in [-0.4, -0.2) is 44.7 Å². The van der Waals surface area contributed by atoms with Gasteiger partial charge in [0.05, 0.1) is 6.20 Å². The van der Waals surface area contributed by atoms with Gasteiger partial charge in [-0.25, -0.2) is 4.98 Å². The molecule has 1 saturated heterocycles. The number of amides is 1. The van der Waals surface area contributed by atoms with Crippen LogP contribution in [0.15, 0.2) is 24.4 Å². The first-order valence-corrected chi connectivity index (χ1v) is 9.74. The van der Waals surface area contributed by atoms with Crippen molar-refractivity contribution < 1.29 is 9.53 Å². The monoisotopic (exact) mass is 370 g/mol. The van der Waals surface area contributed by atoms with E-state index in [1.54, 1.807) is 0 Å². The zero-order valence-electron chi connectivity index (χ0n) is 16.8.